The zero-order valence-corrected chi connectivity index (χ0v) is 19.1. The molecule has 0 aliphatic rings. The zero-order valence-electron chi connectivity index (χ0n) is 17.5. The first-order chi connectivity index (χ1) is 12.9. The monoisotopic (exact) mass is 432 g/mol. The molecular formula is C18H32N4O4S2. The lowest BCUT2D eigenvalue weighted by molar-refractivity contribution is 0.0519. The highest BCUT2D eigenvalue weighted by atomic mass is 32.2. The molecule has 0 bridgehead atoms. The maximum Gasteiger partial charge on any atom is 0.407 e. The summed E-state index contributed by atoms with van der Waals surface area (Å²) in [6.45, 7) is 12.6. The lowest BCUT2D eigenvalue weighted by Crippen LogP contribution is -2.34. The molecule has 8 nitrogen and oxygen atoms in total. The van der Waals surface area contributed by atoms with Gasteiger partial charge in [-0.15, -0.1) is 11.3 Å². The predicted molar refractivity (Wildman–Crippen MR) is 115 cm³/mol. The van der Waals surface area contributed by atoms with E-state index in [4.69, 9.17) is 9.47 Å². The molecule has 0 saturated heterocycles. The molecule has 160 valence electrons. The Labute approximate surface area is 175 Å². The topological polar surface area (TPSA) is 102 Å². The van der Waals surface area contributed by atoms with E-state index >= 15 is 0 Å². The molecule has 1 aromatic rings. The molecular weight excluding hydrogens is 400 g/mol. The van der Waals surface area contributed by atoms with Crippen LogP contribution in [-0.2, 0) is 15.2 Å². The standard InChI is InChI=1S/C18H32N4O4S2/c1-17(2,3)25-15(23)20-8-7-19-14-22-13(12-28-14)11-27-10-9-21-16(24)26-18(4,5)6/h12H,7-11H2,1-6H3,(H,19,22)(H,20,23)(H,21,24). The quantitative estimate of drug-likeness (QED) is 0.510. The summed E-state index contributed by atoms with van der Waals surface area (Å²) < 4.78 is 10.3. The van der Waals surface area contributed by atoms with Crippen molar-refractivity contribution in [1.82, 2.24) is 15.6 Å². The fraction of sp³-hybridized carbons (Fsp3) is 0.722. The van der Waals surface area contributed by atoms with Gasteiger partial charge in [0.25, 0.3) is 0 Å². The van der Waals surface area contributed by atoms with Crippen molar-refractivity contribution in [2.75, 3.05) is 30.7 Å². The van der Waals surface area contributed by atoms with Crippen LogP contribution in [0.1, 0.15) is 47.2 Å². The summed E-state index contributed by atoms with van der Waals surface area (Å²) in [6, 6.07) is 0. The molecule has 3 N–H and O–H groups in total. The Kier molecular flexibility index (Phi) is 9.88. The minimum absolute atomic E-state index is 0.395. The van der Waals surface area contributed by atoms with Crippen LogP contribution in [0, 0.1) is 0 Å². The van der Waals surface area contributed by atoms with E-state index in [-0.39, 0.29) is 0 Å². The molecule has 0 fully saturated rings. The van der Waals surface area contributed by atoms with Crippen molar-refractivity contribution in [2.45, 2.75) is 58.5 Å². The number of rotatable bonds is 9. The number of anilines is 1. The van der Waals surface area contributed by atoms with E-state index in [1.54, 1.807) is 11.8 Å². The van der Waals surface area contributed by atoms with Gasteiger partial charge < -0.3 is 25.4 Å². The van der Waals surface area contributed by atoms with Gasteiger partial charge in [-0.3, -0.25) is 0 Å². The maximum atomic E-state index is 11.5. The molecule has 0 radical (unpaired) electrons. The van der Waals surface area contributed by atoms with Crippen LogP contribution in [0.4, 0.5) is 14.7 Å². The first-order valence-corrected chi connectivity index (χ1v) is 11.2. The fourth-order valence-electron chi connectivity index (χ4n) is 1.82. The second-order valence-corrected chi connectivity index (χ2v) is 9.94. The Morgan fingerprint density at radius 1 is 1.00 bits per heavy atom. The molecule has 0 aromatic carbocycles. The third kappa shape index (κ3) is 12.7. The van der Waals surface area contributed by atoms with Crippen LogP contribution in [-0.4, -0.2) is 53.8 Å². The number of alkyl carbamates (subject to hydrolysis) is 2. The van der Waals surface area contributed by atoms with Crippen molar-refractivity contribution in [3.8, 4) is 0 Å². The number of carbonyl (C=O) groups is 2. The van der Waals surface area contributed by atoms with E-state index < -0.39 is 23.4 Å². The molecule has 1 aromatic heterocycles. The second-order valence-electron chi connectivity index (χ2n) is 7.98. The minimum Gasteiger partial charge on any atom is -0.444 e. The molecule has 0 aliphatic carbocycles. The van der Waals surface area contributed by atoms with Crippen LogP contribution in [0.2, 0.25) is 0 Å². The molecule has 28 heavy (non-hydrogen) atoms. The fourth-order valence-corrected chi connectivity index (χ4v) is 3.41. The number of thiazole rings is 1. The Bertz CT molecular complexity index is 624. The number of nitrogens with zero attached hydrogens (tertiary/aromatic N) is 1. The Balaban J connectivity index is 2.13. The van der Waals surface area contributed by atoms with E-state index in [1.807, 2.05) is 46.9 Å². The third-order valence-corrected chi connectivity index (χ3v) is 4.63. The van der Waals surface area contributed by atoms with Crippen molar-refractivity contribution >= 4 is 40.4 Å². The van der Waals surface area contributed by atoms with Gasteiger partial charge in [0.2, 0.25) is 0 Å². The number of thioether (sulfide) groups is 1. The number of carbonyl (C=O) groups excluding carboxylic acids is 2. The SMILES string of the molecule is CC(C)(C)OC(=O)NCCNc1nc(CSCCNC(=O)OC(C)(C)C)cs1. The van der Waals surface area contributed by atoms with Crippen molar-refractivity contribution in [1.29, 1.82) is 0 Å². The van der Waals surface area contributed by atoms with Gasteiger partial charge in [0.15, 0.2) is 5.13 Å². The normalized spacial score (nSPS) is 11.6. The smallest absolute Gasteiger partial charge is 0.407 e. The zero-order chi connectivity index (χ0) is 21.2. The highest BCUT2D eigenvalue weighted by molar-refractivity contribution is 7.98. The van der Waals surface area contributed by atoms with Crippen molar-refractivity contribution in [2.24, 2.45) is 0 Å². The van der Waals surface area contributed by atoms with Crippen LogP contribution < -0.4 is 16.0 Å². The lowest BCUT2D eigenvalue weighted by atomic mass is 10.2. The number of hydrogen-bond acceptors (Lipinski definition) is 8. The number of nitrogens with one attached hydrogen (secondary N) is 3. The second kappa shape index (κ2) is 11.4. The molecule has 0 saturated carbocycles. The molecule has 2 amide bonds. The summed E-state index contributed by atoms with van der Waals surface area (Å²) in [4.78, 5) is 27.6. The summed E-state index contributed by atoms with van der Waals surface area (Å²) in [7, 11) is 0. The van der Waals surface area contributed by atoms with Gasteiger partial charge in [0.1, 0.15) is 11.2 Å². The summed E-state index contributed by atoms with van der Waals surface area (Å²) in [5.74, 6) is 1.55. The molecule has 0 aliphatic heterocycles. The van der Waals surface area contributed by atoms with Crippen LogP contribution in [0.5, 0.6) is 0 Å². The van der Waals surface area contributed by atoms with Gasteiger partial charge in [-0.25, -0.2) is 14.6 Å². The first-order valence-electron chi connectivity index (χ1n) is 9.14. The molecule has 1 rings (SSSR count). The van der Waals surface area contributed by atoms with Crippen LogP contribution >= 0.6 is 23.1 Å². The summed E-state index contributed by atoms with van der Waals surface area (Å²) >= 11 is 3.21. The lowest BCUT2D eigenvalue weighted by Gasteiger charge is -2.19. The summed E-state index contributed by atoms with van der Waals surface area (Å²) in [6.07, 6.45) is -0.821. The number of amides is 2. The number of ether oxygens (including phenoxy) is 2. The van der Waals surface area contributed by atoms with E-state index in [1.165, 1.54) is 11.3 Å². The van der Waals surface area contributed by atoms with Crippen molar-refractivity contribution < 1.29 is 19.1 Å². The van der Waals surface area contributed by atoms with E-state index in [0.29, 0.717) is 19.6 Å². The third-order valence-electron chi connectivity index (χ3n) is 2.79. The molecule has 0 unspecified atom stereocenters. The van der Waals surface area contributed by atoms with Crippen LogP contribution in [0.25, 0.3) is 0 Å². The summed E-state index contributed by atoms with van der Waals surface area (Å²) in [5, 5.41) is 11.4. The first kappa shape index (κ1) is 24.4. The van der Waals surface area contributed by atoms with Gasteiger partial charge in [0.05, 0.1) is 5.69 Å². The predicted octanol–water partition coefficient (Wildman–Crippen LogP) is 3.84. The number of aromatic nitrogens is 1. The van der Waals surface area contributed by atoms with Crippen molar-refractivity contribution in [3.63, 3.8) is 0 Å². The molecule has 0 spiro atoms. The van der Waals surface area contributed by atoms with E-state index in [0.717, 1.165) is 22.3 Å². The Hall–Kier alpha value is -1.68. The average Bonchev–Trinajstić information content (AvgIpc) is 2.95. The Morgan fingerprint density at radius 2 is 1.57 bits per heavy atom. The van der Waals surface area contributed by atoms with E-state index in [9.17, 15) is 9.59 Å². The van der Waals surface area contributed by atoms with Gasteiger partial charge in [0, 0.05) is 36.5 Å². The highest BCUT2D eigenvalue weighted by Gasteiger charge is 2.16. The Morgan fingerprint density at radius 3 is 2.14 bits per heavy atom. The van der Waals surface area contributed by atoms with Crippen LogP contribution in [0.15, 0.2) is 5.38 Å². The molecule has 10 heteroatoms. The van der Waals surface area contributed by atoms with Crippen molar-refractivity contribution in [3.05, 3.63) is 11.1 Å². The van der Waals surface area contributed by atoms with E-state index in [2.05, 4.69) is 20.9 Å². The van der Waals surface area contributed by atoms with Gasteiger partial charge in [-0.05, 0) is 41.5 Å². The number of hydrogen-bond donors (Lipinski definition) is 3. The molecule has 0 atom stereocenters. The largest absolute Gasteiger partial charge is 0.444 e. The van der Waals surface area contributed by atoms with Gasteiger partial charge in [-0.2, -0.15) is 11.8 Å². The molecule has 1 heterocycles. The maximum absolute atomic E-state index is 11.5. The van der Waals surface area contributed by atoms with Crippen LogP contribution in [0.3, 0.4) is 0 Å². The highest BCUT2D eigenvalue weighted by Crippen LogP contribution is 2.19. The van der Waals surface area contributed by atoms with Gasteiger partial charge in [-0.1, -0.05) is 0 Å². The minimum atomic E-state index is -0.498. The average molecular weight is 433 g/mol. The van der Waals surface area contributed by atoms with Gasteiger partial charge >= 0.3 is 12.2 Å². The summed E-state index contributed by atoms with van der Waals surface area (Å²) in [5.41, 5.74) is 0.000664.